The third-order valence-corrected chi connectivity index (χ3v) is 6.81. The van der Waals surface area contributed by atoms with E-state index in [0.29, 0.717) is 0 Å². The summed E-state index contributed by atoms with van der Waals surface area (Å²) in [5, 5.41) is 20.9. The summed E-state index contributed by atoms with van der Waals surface area (Å²) in [6.45, 7) is 5.22. The van der Waals surface area contributed by atoms with E-state index in [2.05, 4.69) is 129 Å². The zero-order chi connectivity index (χ0) is 28.7. The number of rotatable bonds is 16. The molecule has 42 heavy (non-hydrogen) atoms. The summed E-state index contributed by atoms with van der Waals surface area (Å²) in [4.78, 5) is 0. The summed E-state index contributed by atoms with van der Waals surface area (Å²) < 4.78 is 0. The average molecular weight is 557 g/mol. The molecule has 0 heterocycles. The van der Waals surface area contributed by atoms with Crippen LogP contribution in [0, 0.1) is 0 Å². The number of anilines is 6. The quantitative estimate of drug-likeness (QED) is 0.0704. The zero-order valence-electron chi connectivity index (χ0n) is 23.9. The Hall–Kier alpha value is -4.78. The summed E-state index contributed by atoms with van der Waals surface area (Å²) in [5.41, 5.74) is 9.18. The number of hydrogen-bond acceptors (Lipinski definition) is 6. The molecule has 0 unspecified atom stereocenters. The van der Waals surface area contributed by atoms with Gasteiger partial charge < -0.3 is 31.9 Å². The van der Waals surface area contributed by atoms with Crippen molar-refractivity contribution in [1.82, 2.24) is 10.6 Å². The minimum absolute atomic E-state index is 0.853. The van der Waals surface area contributed by atoms with Gasteiger partial charge in [-0.3, -0.25) is 0 Å². The van der Waals surface area contributed by atoms with Crippen molar-refractivity contribution in [3.63, 3.8) is 0 Å². The Balaban J connectivity index is 0.935. The summed E-state index contributed by atoms with van der Waals surface area (Å²) >= 11 is 0. The first-order valence-electron chi connectivity index (χ1n) is 14.6. The second-order valence-electron chi connectivity index (χ2n) is 10.2. The highest BCUT2D eigenvalue weighted by atomic mass is 15.0. The fraction of sp³-hybridized carbons (Fsp3) is 0.167. The minimum atomic E-state index is 0.853. The summed E-state index contributed by atoms with van der Waals surface area (Å²) in [6.07, 6.45) is 0. The third-order valence-electron chi connectivity index (χ3n) is 6.81. The smallest absolute Gasteiger partial charge is 0.0385 e. The van der Waals surface area contributed by atoms with Crippen molar-refractivity contribution in [2.75, 3.05) is 47.4 Å². The van der Waals surface area contributed by atoms with Crippen molar-refractivity contribution in [2.24, 2.45) is 0 Å². The largest absolute Gasteiger partial charge is 0.384 e. The molecular formula is C36H40N6. The van der Waals surface area contributed by atoms with Crippen LogP contribution in [-0.4, -0.2) is 26.2 Å². The topological polar surface area (TPSA) is 72.2 Å². The van der Waals surface area contributed by atoms with Crippen LogP contribution >= 0.6 is 0 Å². The lowest BCUT2D eigenvalue weighted by Gasteiger charge is -2.11. The molecule has 0 aromatic heterocycles. The van der Waals surface area contributed by atoms with Crippen LogP contribution in [0.15, 0.2) is 133 Å². The Bertz CT molecular complexity index is 1340. The molecule has 6 N–H and O–H groups in total. The van der Waals surface area contributed by atoms with Crippen LogP contribution in [0.25, 0.3) is 0 Å². The van der Waals surface area contributed by atoms with E-state index in [-0.39, 0.29) is 0 Å². The molecule has 6 nitrogen and oxygen atoms in total. The molecule has 5 rings (SSSR count). The molecule has 0 aliphatic carbocycles. The molecule has 0 atom stereocenters. The fourth-order valence-electron chi connectivity index (χ4n) is 4.62. The molecule has 0 spiro atoms. The van der Waals surface area contributed by atoms with Crippen molar-refractivity contribution in [3.05, 3.63) is 145 Å². The van der Waals surface area contributed by atoms with Gasteiger partial charge in [0.05, 0.1) is 0 Å². The first-order chi connectivity index (χ1) is 20.8. The highest BCUT2D eigenvalue weighted by molar-refractivity contribution is 5.63. The lowest BCUT2D eigenvalue weighted by atomic mass is 10.1. The maximum absolute atomic E-state index is 3.55. The molecule has 0 bridgehead atoms. The lowest BCUT2D eigenvalue weighted by Crippen LogP contribution is -2.23. The highest BCUT2D eigenvalue weighted by Crippen LogP contribution is 2.19. The van der Waals surface area contributed by atoms with Gasteiger partial charge >= 0.3 is 0 Å². The van der Waals surface area contributed by atoms with E-state index in [1.54, 1.807) is 0 Å². The molecule has 0 saturated heterocycles. The first-order valence-corrected chi connectivity index (χ1v) is 14.6. The Kier molecular flexibility index (Phi) is 10.9. The van der Waals surface area contributed by atoms with Gasteiger partial charge in [0.2, 0.25) is 0 Å². The third kappa shape index (κ3) is 9.70. The SMILES string of the molecule is c1ccc(Nc2ccc(NCCNCc3cccc(CNCCNc4ccc(Nc5ccccc5)cc4)c3)cc2)cc1. The molecule has 0 fully saturated rings. The van der Waals surface area contributed by atoms with Crippen molar-refractivity contribution in [3.8, 4) is 0 Å². The van der Waals surface area contributed by atoms with Gasteiger partial charge in [-0.05, 0) is 83.9 Å². The van der Waals surface area contributed by atoms with Gasteiger partial charge in [-0.1, -0.05) is 60.7 Å². The van der Waals surface area contributed by atoms with Gasteiger partial charge in [0.25, 0.3) is 0 Å². The predicted octanol–water partition coefficient (Wildman–Crippen LogP) is 7.58. The minimum Gasteiger partial charge on any atom is -0.384 e. The monoisotopic (exact) mass is 556 g/mol. The van der Waals surface area contributed by atoms with Crippen molar-refractivity contribution in [2.45, 2.75) is 13.1 Å². The van der Waals surface area contributed by atoms with Crippen molar-refractivity contribution in [1.29, 1.82) is 0 Å². The number of nitrogens with one attached hydrogen (secondary N) is 6. The van der Waals surface area contributed by atoms with E-state index in [1.807, 2.05) is 36.4 Å². The van der Waals surface area contributed by atoms with E-state index in [9.17, 15) is 0 Å². The predicted molar refractivity (Wildman–Crippen MR) is 179 cm³/mol. The Morgan fingerprint density at radius 1 is 0.333 bits per heavy atom. The standard InChI is InChI=1S/C36H40N6/c1-3-10-33(11-4-1)41-35-18-14-31(15-19-35)39-24-22-37-27-29-8-7-9-30(26-29)28-38-23-25-40-32-16-20-36(21-17-32)42-34-12-5-2-6-13-34/h1-21,26,37-42H,22-25,27-28H2. The Morgan fingerprint density at radius 3 is 1.14 bits per heavy atom. The zero-order valence-corrected chi connectivity index (χ0v) is 23.9. The van der Waals surface area contributed by atoms with Crippen LogP contribution in [0.5, 0.6) is 0 Å². The summed E-state index contributed by atoms with van der Waals surface area (Å²) in [6, 6.07) is 46.0. The van der Waals surface area contributed by atoms with E-state index >= 15 is 0 Å². The molecule has 5 aromatic carbocycles. The Morgan fingerprint density at radius 2 is 0.714 bits per heavy atom. The summed E-state index contributed by atoms with van der Waals surface area (Å²) in [5.74, 6) is 0. The molecular weight excluding hydrogens is 516 g/mol. The Labute approximate surface area is 249 Å². The van der Waals surface area contributed by atoms with E-state index in [0.717, 1.165) is 73.4 Å². The van der Waals surface area contributed by atoms with Crippen molar-refractivity contribution < 1.29 is 0 Å². The maximum atomic E-state index is 3.55. The molecule has 0 aliphatic rings. The summed E-state index contributed by atoms with van der Waals surface area (Å²) in [7, 11) is 0. The van der Waals surface area contributed by atoms with E-state index in [4.69, 9.17) is 0 Å². The van der Waals surface area contributed by atoms with Crippen LogP contribution in [0.4, 0.5) is 34.1 Å². The molecule has 214 valence electrons. The molecule has 0 amide bonds. The normalized spacial score (nSPS) is 10.7. The molecule has 0 radical (unpaired) electrons. The second kappa shape index (κ2) is 15.9. The van der Waals surface area contributed by atoms with Gasteiger partial charge in [-0.15, -0.1) is 0 Å². The molecule has 5 aromatic rings. The van der Waals surface area contributed by atoms with Gasteiger partial charge in [0, 0.05) is 73.4 Å². The van der Waals surface area contributed by atoms with Crippen LogP contribution in [0.3, 0.4) is 0 Å². The van der Waals surface area contributed by atoms with Crippen molar-refractivity contribution >= 4 is 34.1 Å². The van der Waals surface area contributed by atoms with Crippen LogP contribution in [-0.2, 0) is 13.1 Å². The maximum Gasteiger partial charge on any atom is 0.0385 e. The van der Waals surface area contributed by atoms with E-state index < -0.39 is 0 Å². The van der Waals surface area contributed by atoms with Gasteiger partial charge in [0.1, 0.15) is 0 Å². The average Bonchev–Trinajstić information content (AvgIpc) is 3.04. The molecule has 0 aliphatic heterocycles. The second-order valence-corrected chi connectivity index (χ2v) is 10.2. The fourth-order valence-corrected chi connectivity index (χ4v) is 4.62. The van der Waals surface area contributed by atoms with Crippen LogP contribution in [0.1, 0.15) is 11.1 Å². The van der Waals surface area contributed by atoms with E-state index in [1.165, 1.54) is 11.1 Å². The number of hydrogen-bond donors (Lipinski definition) is 6. The lowest BCUT2D eigenvalue weighted by molar-refractivity contribution is 0.694. The number of benzene rings is 5. The molecule has 0 saturated carbocycles. The van der Waals surface area contributed by atoms with Crippen LogP contribution in [0.2, 0.25) is 0 Å². The van der Waals surface area contributed by atoms with Gasteiger partial charge in [-0.2, -0.15) is 0 Å². The van der Waals surface area contributed by atoms with Gasteiger partial charge in [0.15, 0.2) is 0 Å². The molecule has 6 heteroatoms. The first kappa shape index (κ1) is 28.7. The van der Waals surface area contributed by atoms with Gasteiger partial charge in [-0.25, -0.2) is 0 Å². The highest BCUT2D eigenvalue weighted by Gasteiger charge is 2.00. The number of para-hydroxylation sites is 2. The van der Waals surface area contributed by atoms with Crippen LogP contribution < -0.4 is 31.9 Å².